The van der Waals surface area contributed by atoms with Gasteiger partial charge in [-0.15, -0.1) is 0 Å². The highest BCUT2D eigenvalue weighted by atomic mass is 16.1. The molecule has 0 radical (unpaired) electrons. The molecular formula is C17H19NO. The average Bonchev–Trinajstić information content (AvgIpc) is 2.32. The third-order valence-corrected chi connectivity index (χ3v) is 3.20. The Hall–Kier alpha value is -2.09. The topological polar surface area (TPSA) is 29.1 Å². The van der Waals surface area contributed by atoms with E-state index in [2.05, 4.69) is 11.4 Å². The zero-order valence-electron chi connectivity index (χ0n) is 11.9. The number of para-hydroxylation sites is 1. The van der Waals surface area contributed by atoms with Gasteiger partial charge in [-0.1, -0.05) is 35.4 Å². The Morgan fingerprint density at radius 1 is 0.895 bits per heavy atom. The van der Waals surface area contributed by atoms with Crippen LogP contribution in [0.4, 0.5) is 5.69 Å². The van der Waals surface area contributed by atoms with Crippen molar-refractivity contribution in [1.29, 1.82) is 0 Å². The lowest BCUT2D eigenvalue weighted by Crippen LogP contribution is -2.14. The van der Waals surface area contributed by atoms with Gasteiger partial charge in [-0.05, 0) is 51.0 Å². The van der Waals surface area contributed by atoms with Crippen molar-refractivity contribution in [3.8, 4) is 0 Å². The summed E-state index contributed by atoms with van der Waals surface area (Å²) in [7, 11) is 0. The van der Waals surface area contributed by atoms with Crippen molar-refractivity contribution in [1.82, 2.24) is 0 Å². The van der Waals surface area contributed by atoms with E-state index in [0.29, 0.717) is 5.56 Å². The maximum Gasteiger partial charge on any atom is 0.255 e. The summed E-state index contributed by atoms with van der Waals surface area (Å²) in [5.74, 6) is -0.0517. The second kappa shape index (κ2) is 5.27. The molecule has 0 fully saturated rings. The Morgan fingerprint density at radius 3 is 1.95 bits per heavy atom. The van der Waals surface area contributed by atoms with E-state index in [4.69, 9.17) is 0 Å². The van der Waals surface area contributed by atoms with Crippen LogP contribution in [-0.4, -0.2) is 5.91 Å². The number of hydrogen-bond donors (Lipinski definition) is 1. The normalized spacial score (nSPS) is 10.3. The van der Waals surface area contributed by atoms with Crippen LogP contribution in [-0.2, 0) is 0 Å². The Morgan fingerprint density at radius 2 is 1.42 bits per heavy atom. The lowest BCUT2D eigenvalue weighted by Gasteiger charge is -2.12. The van der Waals surface area contributed by atoms with Crippen LogP contribution in [0.5, 0.6) is 0 Å². The molecule has 0 saturated carbocycles. The first-order valence-corrected chi connectivity index (χ1v) is 6.43. The molecule has 0 aromatic heterocycles. The minimum absolute atomic E-state index is 0.0517. The van der Waals surface area contributed by atoms with Gasteiger partial charge in [0.1, 0.15) is 0 Å². The van der Waals surface area contributed by atoms with E-state index in [9.17, 15) is 4.79 Å². The number of benzene rings is 2. The summed E-state index contributed by atoms with van der Waals surface area (Å²) >= 11 is 0. The minimum atomic E-state index is -0.0517. The summed E-state index contributed by atoms with van der Waals surface area (Å²) in [6.07, 6.45) is 0. The van der Waals surface area contributed by atoms with Gasteiger partial charge in [-0.2, -0.15) is 0 Å². The van der Waals surface area contributed by atoms with Gasteiger partial charge in [0, 0.05) is 11.3 Å². The first-order chi connectivity index (χ1) is 8.97. The smallest absolute Gasteiger partial charge is 0.255 e. The average molecular weight is 253 g/mol. The van der Waals surface area contributed by atoms with E-state index in [1.807, 2.05) is 58.0 Å². The molecule has 2 rings (SSSR count). The van der Waals surface area contributed by atoms with Gasteiger partial charge in [0.2, 0.25) is 0 Å². The molecule has 2 nitrogen and oxygen atoms in total. The molecule has 0 atom stereocenters. The van der Waals surface area contributed by atoms with Crippen LogP contribution in [0.15, 0.2) is 36.4 Å². The van der Waals surface area contributed by atoms with Gasteiger partial charge in [-0.25, -0.2) is 0 Å². The van der Waals surface area contributed by atoms with Crippen molar-refractivity contribution in [2.24, 2.45) is 0 Å². The van der Waals surface area contributed by atoms with Gasteiger partial charge in [0.25, 0.3) is 5.91 Å². The van der Waals surface area contributed by atoms with Crippen molar-refractivity contribution in [2.75, 3.05) is 5.32 Å². The molecule has 0 unspecified atom stereocenters. The van der Waals surface area contributed by atoms with Gasteiger partial charge >= 0.3 is 0 Å². The molecule has 0 aliphatic heterocycles. The molecule has 1 amide bonds. The highest BCUT2D eigenvalue weighted by molar-refractivity contribution is 6.05. The molecule has 0 spiro atoms. The fraction of sp³-hybridized carbons (Fsp3) is 0.235. The molecule has 0 heterocycles. The SMILES string of the molecule is Cc1cc(C)cc(C(=O)Nc2c(C)cccc2C)c1. The van der Waals surface area contributed by atoms with Crippen molar-refractivity contribution in [2.45, 2.75) is 27.7 Å². The minimum Gasteiger partial charge on any atom is -0.322 e. The number of carbonyl (C=O) groups is 1. The summed E-state index contributed by atoms with van der Waals surface area (Å²) in [5, 5.41) is 3.01. The summed E-state index contributed by atoms with van der Waals surface area (Å²) in [6.45, 7) is 8.01. The third kappa shape index (κ3) is 3.02. The first kappa shape index (κ1) is 13.3. The van der Waals surface area contributed by atoms with Crippen molar-refractivity contribution < 1.29 is 4.79 Å². The van der Waals surface area contributed by atoms with E-state index in [-0.39, 0.29) is 5.91 Å². The van der Waals surface area contributed by atoms with Crippen LogP contribution in [0.3, 0.4) is 0 Å². The Balaban J connectivity index is 2.31. The fourth-order valence-electron chi connectivity index (χ4n) is 2.30. The molecule has 2 heteroatoms. The molecule has 0 saturated heterocycles. The van der Waals surface area contributed by atoms with Crippen LogP contribution in [0.2, 0.25) is 0 Å². The van der Waals surface area contributed by atoms with Crippen molar-refractivity contribution in [3.05, 3.63) is 64.2 Å². The van der Waals surface area contributed by atoms with Gasteiger partial charge in [0.05, 0.1) is 0 Å². The number of rotatable bonds is 2. The largest absolute Gasteiger partial charge is 0.322 e. The van der Waals surface area contributed by atoms with E-state index in [1.165, 1.54) is 0 Å². The highest BCUT2D eigenvalue weighted by Gasteiger charge is 2.10. The van der Waals surface area contributed by atoms with Crippen molar-refractivity contribution >= 4 is 11.6 Å². The Bertz CT molecular complexity index is 589. The molecule has 2 aromatic rings. The lowest BCUT2D eigenvalue weighted by molar-refractivity contribution is 0.102. The number of aryl methyl sites for hydroxylation is 4. The standard InChI is InChI=1S/C17H19NO/c1-11-8-12(2)10-15(9-11)17(19)18-16-13(3)6-5-7-14(16)4/h5-10H,1-4H3,(H,18,19). The van der Waals surface area contributed by atoms with Crippen LogP contribution in [0.25, 0.3) is 0 Å². The summed E-state index contributed by atoms with van der Waals surface area (Å²) in [4.78, 5) is 12.3. The van der Waals surface area contributed by atoms with E-state index in [1.54, 1.807) is 0 Å². The third-order valence-electron chi connectivity index (χ3n) is 3.20. The monoisotopic (exact) mass is 253 g/mol. The summed E-state index contributed by atoms with van der Waals surface area (Å²) in [6, 6.07) is 11.9. The Kier molecular flexibility index (Phi) is 3.70. The number of nitrogens with one attached hydrogen (secondary N) is 1. The van der Waals surface area contributed by atoms with Crippen LogP contribution in [0, 0.1) is 27.7 Å². The molecule has 1 N–H and O–H groups in total. The zero-order valence-corrected chi connectivity index (χ0v) is 11.9. The van der Waals surface area contributed by atoms with Crippen molar-refractivity contribution in [3.63, 3.8) is 0 Å². The van der Waals surface area contributed by atoms with E-state index >= 15 is 0 Å². The van der Waals surface area contributed by atoms with Crippen LogP contribution >= 0.6 is 0 Å². The second-order valence-corrected chi connectivity index (χ2v) is 5.10. The summed E-state index contributed by atoms with van der Waals surface area (Å²) in [5.41, 5.74) is 5.99. The number of hydrogen-bond acceptors (Lipinski definition) is 1. The maximum atomic E-state index is 12.3. The number of carbonyl (C=O) groups excluding carboxylic acids is 1. The molecule has 0 aliphatic rings. The number of amides is 1. The maximum absolute atomic E-state index is 12.3. The molecule has 0 bridgehead atoms. The second-order valence-electron chi connectivity index (χ2n) is 5.10. The lowest BCUT2D eigenvalue weighted by atomic mass is 10.1. The van der Waals surface area contributed by atoms with Gasteiger partial charge in [0.15, 0.2) is 0 Å². The number of anilines is 1. The zero-order chi connectivity index (χ0) is 14.0. The molecular weight excluding hydrogens is 234 g/mol. The van der Waals surface area contributed by atoms with E-state index < -0.39 is 0 Å². The summed E-state index contributed by atoms with van der Waals surface area (Å²) < 4.78 is 0. The Labute approximate surface area is 114 Å². The highest BCUT2D eigenvalue weighted by Crippen LogP contribution is 2.20. The fourth-order valence-corrected chi connectivity index (χ4v) is 2.30. The van der Waals surface area contributed by atoms with Gasteiger partial charge < -0.3 is 5.32 Å². The van der Waals surface area contributed by atoms with Crippen LogP contribution in [0.1, 0.15) is 32.6 Å². The van der Waals surface area contributed by atoms with Gasteiger partial charge in [-0.3, -0.25) is 4.79 Å². The predicted molar refractivity (Wildman–Crippen MR) is 79.8 cm³/mol. The predicted octanol–water partition coefficient (Wildman–Crippen LogP) is 4.17. The van der Waals surface area contributed by atoms with Crippen LogP contribution < -0.4 is 5.32 Å². The molecule has 0 aliphatic carbocycles. The molecule has 19 heavy (non-hydrogen) atoms. The van der Waals surface area contributed by atoms with E-state index in [0.717, 1.165) is 27.9 Å². The molecule has 2 aromatic carbocycles. The molecule has 98 valence electrons. The first-order valence-electron chi connectivity index (χ1n) is 6.43. The quantitative estimate of drug-likeness (QED) is 0.855.